The van der Waals surface area contributed by atoms with Crippen molar-refractivity contribution >= 4 is 0 Å². The Bertz CT molecular complexity index is 1460. The zero-order valence-electron chi connectivity index (χ0n) is 20.4. The molecule has 6 rings (SSSR count). The Morgan fingerprint density at radius 2 is 1.83 bits per heavy atom. The summed E-state index contributed by atoms with van der Waals surface area (Å²) in [5, 5.41) is 23.0. The maximum atomic E-state index is 14.5. The molecule has 1 saturated carbocycles. The van der Waals surface area contributed by atoms with E-state index in [0.29, 0.717) is 6.54 Å². The SMILES string of the molecule is C[C@@H](O)Cn1cc(-c2cccc([C@@]34CC[C@@H](c5cc(-c6c(F)cccc6F)nnc53)C4(C)C)n2)cn1. The molecule has 0 unspecified atom stereocenters. The van der Waals surface area contributed by atoms with Crippen molar-refractivity contribution in [3.8, 4) is 22.5 Å². The summed E-state index contributed by atoms with van der Waals surface area (Å²) in [6, 6.07) is 11.6. The van der Waals surface area contributed by atoms with Crippen LogP contribution in [0.15, 0.2) is 54.9 Å². The molecule has 0 spiro atoms. The predicted molar refractivity (Wildman–Crippen MR) is 131 cm³/mol. The summed E-state index contributed by atoms with van der Waals surface area (Å²) in [6.45, 7) is 6.59. The van der Waals surface area contributed by atoms with Crippen LogP contribution in [0.4, 0.5) is 8.78 Å². The summed E-state index contributed by atoms with van der Waals surface area (Å²) in [6.07, 6.45) is 4.95. The Kier molecular flexibility index (Phi) is 5.09. The monoisotopic (exact) mass is 487 g/mol. The minimum Gasteiger partial charge on any atom is -0.391 e. The van der Waals surface area contributed by atoms with Gasteiger partial charge in [0.1, 0.15) is 11.6 Å². The molecule has 1 fully saturated rings. The lowest BCUT2D eigenvalue weighted by molar-refractivity contribution is 0.168. The zero-order chi connectivity index (χ0) is 25.2. The van der Waals surface area contributed by atoms with E-state index in [1.807, 2.05) is 30.5 Å². The van der Waals surface area contributed by atoms with Crippen LogP contribution in [0.3, 0.4) is 0 Å². The number of aromatic nitrogens is 5. The number of halogens is 2. The highest BCUT2D eigenvalue weighted by Crippen LogP contribution is 2.69. The van der Waals surface area contributed by atoms with Gasteiger partial charge in [-0.15, -0.1) is 5.10 Å². The highest BCUT2D eigenvalue weighted by atomic mass is 19.1. The number of hydrogen-bond acceptors (Lipinski definition) is 5. The van der Waals surface area contributed by atoms with Crippen molar-refractivity contribution < 1.29 is 13.9 Å². The molecule has 6 nitrogen and oxygen atoms in total. The van der Waals surface area contributed by atoms with Gasteiger partial charge in [0.15, 0.2) is 0 Å². The van der Waals surface area contributed by atoms with E-state index in [-0.39, 0.29) is 22.6 Å². The summed E-state index contributed by atoms with van der Waals surface area (Å²) in [5.74, 6) is -1.12. The van der Waals surface area contributed by atoms with Gasteiger partial charge in [0.25, 0.3) is 0 Å². The second kappa shape index (κ2) is 8.00. The van der Waals surface area contributed by atoms with Crippen molar-refractivity contribution in [1.29, 1.82) is 0 Å². The van der Waals surface area contributed by atoms with Crippen LogP contribution in [-0.2, 0) is 12.0 Å². The molecule has 8 heteroatoms. The number of aliphatic hydroxyl groups is 1. The molecule has 2 aliphatic rings. The molecule has 1 aromatic carbocycles. The molecule has 0 saturated heterocycles. The topological polar surface area (TPSA) is 76.7 Å². The minimum absolute atomic E-state index is 0.142. The van der Waals surface area contributed by atoms with Gasteiger partial charge in [-0.05, 0) is 67.0 Å². The van der Waals surface area contributed by atoms with Crippen molar-refractivity contribution in [3.63, 3.8) is 0 Å². The Labute approximate surface area is 208 Å². The maximum Gasteiger partial charge on any atom is 0.135 e. The van der Waals surface area contributed by atoms with E-state index < -0.39 is 23.2 Å². The smallest absolute Gasteiger partial charge is 0.135 e. The quantitative estimate of drug-likeness (QED) is 0.415. The Balaban J connectivity index is 1.46. The highest BCUT2D eigenvalue weighted by Gasteiger charge is 2.65. The number of nitrogens with zero attached hydrogens (tertiary/aromatic N) is 5. The van der Waals surface area contributed by atoms with Crippen LogP contribution in [0.1, 0.15) is 56.5 Å². The molecule has 36 heavy (non-hydrogen) atoms. The highest BCUT2D eigenvalue weighted by molar-refractivity contribution is 5.65. The molecule has 2 aliphatic carbocycles. The number of hydrogen-bond donors (Lipinski definition) is 1. The van der Waals surface area contributed by atoms with Crippen LogP contribution in [0, 0.1) is 17.0 Å². The fraction of sp³-hybridized carbons (Fsp3) is 0.357. The van der Waals surface area contributed by atoms with Gasteiger partial charge in [0.2, 0.25) is 0 Å². The van der Waals surface area contributed by atoms with Crippen molar-refractivity contribution in [2.75, 3.05) is 0 Å². The van der Waals surface area contributed by atoms with E-state index in [1.165, 1.54) is 18.2 Å². The van der Waals surface area contributed by atoms with Gasteiger partial charge in [-0.1, -0.05) is 26.0 Å². The van der Waals surface area contributed by atoms with E-state index in [4.69, 9.17) is 4.98 Å². The third kappa shape index (κ3) is 3.17. The molecule has 0 aliphatic heterocycles. The van der Waals surface area contributed by atoms with E-state index in [0.717, 1.165) is 41.1 Å². The number of pyridine rings is 1. The standard InChI is InChI=1S/C28H27F2N5O/c1-16(36)14-35-15-17(13-31-35)22-8-5-9-24(32-22)28-11-10-19(27(28,2)3)18-12-23(33-34-26(18)28)25-20(29)6-4-7-21(25)30/h4-9,12-13,15-16,19,36H,10-11,14H2,1-3H3/t16-,19+,28+/m1/s1. The molecule has 2 bridgehead atoms. The molecular weight excluding hydrogens is 460 g/mol. The van der Waals surface area contributed by atoms with Crippen LogP contribution < -0.4 is 0 Å². The van der Waals surface area contributed by atoms with Crippen LogP contribution >= 0.6 is 0 Å². The largest absolute Gasteiger partial charge is 0.391 e. The predicted octanol–water partition coefficient (Wildman–Crippen LogP) is 5.26. The molecule has 0 amide bonds. The Morgan fingerprint density at radius 3 is 2.58 bits per heavy atom. The lowest BCUT2D eigenvalue weighted by Crippen LogP contribution is -2.37. The first-order chi connectivity index (χ1) is 17.2. The third-order valence-corrected chi connectivity index (χ3v) is 8.17. The third-order valence-electron chi connectivity index (χ3n) is 8.17. The molecule has 1 N–H and O–H groups in total. The normalized spacial score (nSPS) is 22.6. The van der Waals surface area contributed by atoms with Crippen molar-refractivity contribution in [2.24, 2.45) is 5.41 Å². The summed E-state index contributed by atoms with van der Waals surface area (Å²) in [7, 11) is 0. The molecule has 3 atom stereocenters. The average Bonchev–Trinajstić information content (AvgIpc) is 3.46. The second-order valence-electron chi connectivity index (χ2n) is 10.6. The summed E-state index contributed by atoms with van der Waals surface area (Å²) < 4.78 is 30.7. The lowest BCUT2D eigenvalue weighted by atomic mass is 9.66. The van der Waals surface area contributed by atoms with Gasteiger partial charge in [-0.3, -0.25) is 9.67 Å². The summed E-state index contributed by atoms with van der Waals surface area (Å²) in [4.78, 5) is 5.09. The molecule has 3 aromatic heterocycles. The van der Waals surface area contributed by atoms with Gasteiger partial charge in [0, 0.05) is 11.8 Å². The van der Waals surface area contributed by atoms with E-state index in [2.05, 4.69) is 29.1 Å². The average molecular weight is 488 g/mol. The molecule has 3 heterocycles. The Hall–Kier alpha value is -3.52. The van der Waals surface area contributed by atoms with Crippen LogP contribution in [0.2, 0.25) is 0 Å². The van der Waals surface area contributed by atoms with Crippen molar-refractivity contribution in [2.45, 2.75) is 57.6 Å². The maximum absolute atomic E-state index is 14.5. The molecular formula is C28H27F2N5O. The van der Waals surface area contributed by atoms with E-state index in [9.17, 15) is 13.9 Å². The summed E-state index contributed by atoms with van der Waals surface area (Å²) >= 11 is 0. The number of benzene rings is 1. The second-order valence-corrected chi connectivity index (χ2v) is 10.6. The van der Waals surface area contributed by atoms with Crippen LogP contribution in [-0.4, -0.2) is 36.2 Å². The molecule has 184 valence electrons. The van der Waals surface area contributed by atoms with Crippen molar-refractivity contribution in [3.05, 3.63) is 83.4 Å². The minimum atomic E-state index is -0.646. The van der Waals surface area contributed by atoms with E-state index >= 15 is 0 Å². The van der Waals surface area contributed by atoms with Gasteiger partial charge in [-0.2, -0.15) is 10.2 Å². The van der Waals surface area contributed by atoms with Crippen molar-refractivity contribution in [1.82, 2.24) is 25.0 Å². The van der Waals surface area contributed by atoms with Crippen LogP contribution in [0.25, 0.3) is 22.5 Å². The first kappa shape index (κ1) is 22.9. The van der Waals surface area contributed by atoms with Gasteiger partial charge in [-0.25, -0.2) is 8.78 Å². The fourth-order valence-corrected chi connectivity index (χ4v) is 6.46. The fourth-order valence-electron chi connectivity index (χ4n) is 6.46. The van der Waals surface area contributed by atoms with Gasteiger partial charge >= 0.3 is 0 Å². The van der Waals surface area contributed by atoms with Gasteiger partial charge < -0.3 is 5.11 Å². The Morgan fingerprint density at radius 1 is 1.08 bits per heavy atom. The first-order valence-corrected chi connectivity index (χ1v) is 12.2. The first-order valence-electron chi connectivity index (χ1n) is 12.2. The number of rotatable bonds is 5. The van der Waals surface area contributed by atoms with E-state index in [1.54, 1.807) is 17.8 Å². The molecule has 0 radical (unpaired) electrons. The number of fused-ring (bicyclic) bond motifs is 5. The zero-order valence-corrected chi connectivity index (χ0v) is 20.4. The lowest BCUT2D eigenvalue weighted by Gasteiger charge is -2.37. The summed E-state index contributed by atoms with van der Waals surface area (Å²) in [5.41, 5.74) is 3.83. The molecule has 4 aromatic rings. The number of aliphatic hydroxyl groups excluding tert-OH is 1. The van der Waals surface area contributed by atoms with Crippen LogP contribution in [0.5, 0.6) is 0 Å². The van der Waals surface area contributed by atoms with Gasteiger partial charge in [0.05, 0.1) is 52.6 Å².